The summed E-state index contributed by atoms with van der Waals surface area (Å²) in [6.07, 6.45) is 11.5. The van der Waals surface area contributed by atoms with Gasteiger partial charge in [0.25, 0.3) is 0 Å². The van der Waals surface area contributed by atoms with Crippen LogP contribution in [0.1, 0.15) is 11.7 Å². The predicted molar refractivity (Wildman–Crippen MR) is 58.2 cm³/mol. The maximum absolute atomic E-state index is 5.74. The molecule has 3 nitrogen and oxygen atoms in total. The quantitative estimate of drug-likeness (QED) is 0.765. The van der Waals surface area contributed by atoms with Crippen LogP contribution in [0.15, 0.2) is 53.5 Å². The van der Waals surface area contributed by atoms with Gasteiger partial charge in [0, 0.05) is 17.8 Å². The Morgan fingerprint density at radius 2 is 2.13 bits per heavy atom. The van der Waals surface area contributed by atoms with E-state index in [0.717, 1.165) is 16.7 Å². The van der Waals surface area contributed by atoms with Crippen molar-refractivity contribution in [3.05, 3.63) is 54.8 Å². The lowest BCUT2D eigenvalue weighted by molar-refractivity contribution is 0.547. The highest BCUT2D eigenvalue weighted by Crippen LogP contribution is 2.26. The van der Waals surface area contributed by atoms with Crippen LogP contribution in [-0.2, 0) is 0 Å². The van der Waals surface area contributed by atoms with E-state index in [1.807, 2.05) is 30.7 Å². The van der Waals surface area contributed by atoms with Crippen LogP contribution in [0, 0.1) is 0 Å². The van der Waals surface area contributed by atoms with E-state index in [4.69, 9.17) is 4.42 Å². The molecule has 1 aliphatic rings. The lowest BCUT2D eigenvalue weighted by Gasteiger charge is -2.07. The zero-order chi connectivity index (χ0) is 10.1. The summed E-state index contributed by atoms with van der Waals surface area (Å²) in [5.74, 6) is 1.17. The van der Waals surface area contributed by atoms with Crippen LogP contribution in [0.5, 0.6) is 0 Å². The van der Waals surface area contributed by atoms with Crippen molar-refractivity contribution >= 4 is 11.0 Å². The van der Waals surface area contributed by atoms with E-state index < -0.39 is 0 Å². The van der Waals surface area contributed by atoms with Crippen molar-refractivity contribution in [3.8, 4) is 0 Å². The standard InChI is InChI=1S/C12H10N2O/c1-4-13-5-2-9(1)12-7-10-8-14-6-3-11(10)15-12/h1-9,13H. The Balaban J connectivity index is 2.07. The summed E-state index contributed by atoms with van der Waals surface area (Å²) in [7, 11) is 0. The Morgan fingerprint density at radius 3 is 2.93 bits per heavy atom. The number of furan rings is 1. The molecule has 15 heavy (non-hydrogen) atoms. The fraction of sp³-hybridized carbons (Fsp3) is 0.0833. The van der Waals surface area contributed by atoms with Gasteiger partial charge >= 0.3 is 0 Å². The highest BCUT2D eigenvalue weighted by atomic mass is 16.3. The Labute approximate surface area is 87.1 Å². The van der Waals surface area contributed by atoms with Crippen LogP contribution < -0.4 is 5.32 Å². The van der Waals surface area contributed by atoms with Gasteiger partial charge in [0.15, 0.2) is 0 Å². The molecule has 2 aromatic heterocycles. The van der Waals surface area contributed by atoms with Crippen molar-refractivity contribution in [2.24, 2.45) is 0 Å². The minimum atomic E-state index is 0.221. The van der Waals surface area contributed by atoms with Gasteiger partial charge in [-0.25, -0.2) is 0 Å². The molecule has 0 bridgehead atoms. The molecule has 1 aliphatic heterocycles. The van der Waals surface area contributed by atoms with Gasteiger partial charge in [-0.1, -0.05) is 12.2 Å². The SMILES string of the molecule is C1=CC(c2cc3cnccc3o2)C=CN1. The van der Waals surface area contributed by atoms with Gasteiger partial charge in [-0.3, -0.25) is 4.98 Å². The second kappa shape index (κ2) is 3.28. The highest BCUT2D eigenvalue weighted by Gasteiger charge is 2.11. The molecule has 0 aliphatic carbocycles. The number of nitrogens with zero attached hydrogens (tertiary/aromatic N) is 1. The highest BCUT2D eigenvalue weighted by molar-refractivity contribution is 5.76. The molecular formula is C12H10N2O. The molecule has 0 aromatic carbocycles. The van der Waals surface area contributed by atoms with Gasteiger partial charge < -0.3 is 9.73 Å². The first kappa shape index (κ1) is 8.29. The molecule has 2 aromatic rings. The first-order valence-electron chi connectivity index (χ1n) is 4.86. The van der Waals surface area contributed by atoms with Crippen molar-refractivity contribution < 1.29 is 4.42 Å². The van der Waals surface area contributed by atoms with Gasteiger partial charge in [0.05, 0.1) is 5.92 Å². The minimum Gasteiger partial charge on any atom is -0.460 e. The third-order valence-corrected chi connectivity index (χ3v) is 2.46. The Bertz CT molecular complexity index is 494. The van der Waals surface area contributed by atoms with E-state index in [1.54, 1.807) is 6.20 Å². The van der Waals surface area contributed by atoms with Crippen molar-refractivity contribution in [1.29, 1.82) is 0 Å². The maximum atomic E-state index is 5.74. The molecule has 74 valence electrons. The Morgan fingerprint density at radius 1 is 1.27 bits per heavy atom. The fourth-order valence-electron chi connectivity index (χ4n) is 1.70. The molecule has 0 unspecified atom stereocenters. The van der Waals surface area contributed by atoms with E-state index in [0.29, 0.717) is 0 Å². The lowest BCUT2D eigenvalue weighted by atomic mass is 10.1. The van der Waals surface area contributed by atoms with Gasteiger partial charge in [-0.05, 0) is 24.5 Å². The third-order valence-electron chi connectivity index (χ3n) is 2.46. The molecule has 3 heterocycles. The molecule has 0 saturated heterocycles. The first-order valence-corrected chi connectivity index (χ1v) is 4.86. The van der Waals surface area contributed by atoms with Crippen LogP contribution in [-0.4, -0.2) is 4.98 Å². The molecule has 0 amide bonds. The lowest BCUT2D eigenvalue weighted by Crippen LogP contribution is -2.01. The monoisotopic (exact) mass is 198 g/mol. The van der Waals surface area contributed by atoms with Crippen LogP contribution in [0.3, 0.4) is 0 Å². The van der Waals surface area contributed by atoms with E-state index in [1.165, 1.54) is 0 Å². The largest absolute Gasteiger partial charge is 0.460 e. The summed E-state index contributed by atoms with van der Waals surface area (Å²) in [4.78, 5) is 4.06. The van der Waals surface area contributed by atoms with Gasteiger partial charge in [-0.15, -0.1) is 0 Å². The van der Waals surface area contributed by atoms with Crippen molar-refractivity contribution in [3.63, 3.8) is 0 Å². The number of allylic oxidation sites excluding steroid dienone is 2. The maximum Gasteiger partial charge on any atom is 0.137 e. The van der Waals surface area contributed by atoms with E-state index in [2.05, 4.69) is 22.5 Å². The zero-order valence-corrected chi connectivity index (χ0v) is 8.05. The van der Waals surface area contributed by atoms with E-state index in [-0.39, 0.29) is 5.92 Å². The topological polar surface area (TPSA) is 38.1 Å². The number of hydrogen-bond acceptors (Lipinski definition) is 3. The number of hydrogen-bond donors (Lipinski definition) is 1. The van der Waals surface area contributed by atoms with Gasteiger partial charge in [-0.2, -0.15) is 0 Å². The number of aromatic nitrogens is 1. The number of dihydropyridines is 1. The molecule has 0 fully saturated rings. The summed E-state index contributed by atoms with van der Waals surface area (Å²) in [6, 6.07) is 3.92. The van der Waals surface area contributed by atoms with Crippen LogP contribution >= 0.6 is 0 Å². The number of pyridine rings is 1. The normalized spacial score (nSPS) is 15.7. The molecule has 0 radical (unpaired) electrons. The molecule has 3 heteroatoms. The van der Waals surface area contributed by atoms with Crippen LogP contribution in [0.25, 0.3) is 11.0 Å². The Kier molecular flexibility index (Phi) is 1.81. The molecule has 1 N–H and O–H groups in total. The Hall–Kier alpha value is -2.03. The average molecular weight is 198 g/mol. The average Bonchev–Trinajstić information content (AvgIpc) is 2.74. The summed E-state index contributed by atoms with van der Waals surface area (Å²) in [6.45, 7) is 0. The van der Waals surface area contributed by atoms with Crippen molar-refractivity contribution in [2.45, 2.75) is 5.92 Å². The summed E-state index contributed by atoms with van der Waals surface area (Å²) in [5.41, 5.74) is 0.889. The van der Waals surface area contributed by atoms with Crippen molar-refractivity contribution in [1.82, 2.24) is 10.3 Å². The predicted octanol–water partition coefficient (Wildman–Crippen LogP) is 2.54. The van der Waals surface area contributed by atoms with Crippen LogP contribution in [0.2, 0.25) is 0 Å². The van der Waals surface area contributed by atoms with Gasteiger partial charge in [0.1, 0.15) is 11.3 Å². The number of fused-ring (bicyclic) bond motifs is 1. The zero-order valence-electron chi connectivity index (χ0n) is 8.05. The van der Waals surface area contributed by atoms with Gasteiger partial charge in [0.2, 0.25) is 0 Å². The van der Waals surface area contributed by atoms with Crippen molar-refractivity contribution in [2.75, 3.05) is 0 Å². The van der Waals surface area contributed by atoms with E-state index in [9.17, 15) is 0 Å². The number of rotatable bonds is 1. The fourth-order valence-corrected chi connectivity index (χ4v) is 1.70. The second-order valence-corrected chi connectivity index (χ2v) is 3.47. The minimum absolute atomic E-state index is 0.221. The molecule has 3 rings (SSSR count). The first-order chi connectivity index (χ1) is 7.43. The molecular weight excluding hydrogens is 188 g/mol. The summed E-state index contributed by atoms with van der Waals surface area (Å²) >= 11 is 0. The molecule has 0 spiro atoms. The smallest absolute Gasteiger partial charge is 0.137 e. The van der Waals surface area contributed by atoms with E-state index >= 15 is 0 Å². The van der Waals surface area contributed by atoms with Crippen LogP contribution in [0.4, 0.5) is 0 Å². The summed E-state index contributed by atoms with van der Waals surface area (Å²) < 4.78 is 5.74. The molecule has 0 atom stereocenters. The number of nitrogens with one attached hydrogen (secondary N) is 1. The second-order valence-electron chi connectivity index (χ2n) is 3.47. The molecule has 0 saturated carbocycles. The third kappa shape index (κ3) is 1.42. The summed E-state index contributed by atoms with van der Waals surface area (Å²) in [5, 5.41) is 4.05.